The van der Waals surface area contributed by atoms with Gasteiger partial charge in [-0.2, -0.15) is 0 Å². The van der Waals surface area contributed by atoms with Crippen LogP contribution in [-0.4, -0.2) is 28.2 Å². The van der Waals surface area contributed by atoms with Crippen molar-refractivity contribution in [3.63, 3.8) is 0 Å². The lowest BCUT2D eigenvalue weighted by Crippen LogP contribution is -2.37. The second-order valence-electron chi connectivity index (χ2n) is 7.62. The molecule has 1 aliphatic carbocycles. The number of hydrogen-bond donors (Lipinski definition) is 4. The number of carbonyl (C=O) groups is 1. The van der Waals surface area contributed by atoms with E-state index in [0.717, 1.165) is 0 Å². The quantitative estimate of drug-likeness (QED) is 0.564. The van der Waals surface area contributed by atoms with Crippen LogP contribution in [0.5, 0.6) is 0 Å². The Kier molecular flexibility index (Phi) is 5.91. The van der Waals surface area contributed by atoms with Gasteiger partial charge < -0.3 is 20.9 Å². The van der Waals surface area contributed by atoms with E-state index in [0.29, 0.717) is 36.0 Å². The standard InChI is InChI=1S/C18H27BFNO4/c1-10(2)16(21)13-9-14-11(8-15(13)20)7-12(5-4-6-19(24)25)18(14,3)17(22)23/h8-10,12,16,24-25H,4-7,21H2,1-3H3,(H,22,23)/t12-,16+,18-/m0/s1. The Morgan fingerprint density at radius 1 is 1.44 bits per heavy atom. The van der Waals surface area contributed by atoms with Crippen LogP contribution in [0.2, 0.25) is 6.32 Å². The molecule has 0 amide bonds. The van der Waals surface area contributed by atoms with E-state index in [1.807, 2.05) is 13.8 Å². The summed E-state index contributed by atoms with van der Waals surface area (Å²) in [5, 5.41) is 27.9. The summed E-state index contributed by atoms with van der Waals surface area (Å²) in [5.41, 5.74) is 6.66. The van der Waals surface area contributed by atoms with Gasteiger partial charge in [-0.15, -0.1) is 0 Å². The fourth-order valence-electron chi connectivity index (χ4n) is 3.81. The summed E-state index contributed by atoms with van der Waals surface area (Å²) in [6.07, 6.45) is 1.69. The summed E-state index contributed by atoms with van der Waals surface area (Å²) >= 11 is 0. The molecule has 0 aromatic heterocycles. The maximum atomic E-state index is 14.5. The van der Waals surface area contributed by atoms with Crippen molar-refractivity contribution in [3.8, 4) is 0 Å². The van der Waals surface area contributed by atoms with Gasteiger partial charge in [0, 0.05) is 11.6 Å². The van der Waals surface area contributed by atoms with Crippen LogP contribution in [0.15, 0.2) is 12.1 Å². The third-order valence-electron chi connectivity index (χ3n) is 5.60. The molecule has 138 valence electrons. The Balaban J connectivity index is 2.40. The smallest absolute Gasteiger partial charge is 0.451 e. The van der Waals surface area contributed by atoms with E-state index >= 15 is 0 Å². The number of aliphatic carboxylic acids is 1. The summed E-state index contributed by atoms with van der Waals surface area (Å²) in [6.45, 7) is 5.47. The van der Waals surface area contributed by atoms with E-state index in [4.69, 9.17) is 15.8 Å². The first kappa shape index (κ1) is 19.9. The first-order chi connectivity index (χ1) is 11.6. The molecule has 25 heavy (non-hydrogen) atoms. The third-order valence-corrected chi connectivity index (χ3v) is 5.60. The van der Waals surface area contributed by atoms with E-state index in [1.165, 1.54) is 6.07 Å². The molecule has 1 aromatic rings. The normalized spacial score (nSPS) is 23.6. The summed E-state index contributed by atoms with van der Waals surface area (Å²) in [6, 6.07) is 2.56. The van der Waals surface area contributed by atoms with E-state index in [-0.39, 0.29) is 24.0 Å². The fraction of sp³-hybridized carbons (Fsp3) is 0.611. The number of fused-ring (bicyclic) bond motifs is 1. The minimum atomic E-state index is -1.40. The number of benzene rings is 1. The average molecular weight is 351 g/mol. The first-order valence-corrected chi connectivity index (χ1v) is 8.76. The van der Waals surface area contributed by atoms with Gasteiger partial charge in [-0.1, -0.05) is 20.3 Å². The van der Waals surface area contributed by atoms with Crippen molar-refractivity contribution in [2.75, 3.05) is 0 Å². The fourth-order valence-corrected chi connectivity index (χ4v) is 3.81. The molecule has 7 heteroatoms. The zero-order valence-electron chi connectivity index (χ0n) is 15.0. The molecule has 0 spiro atoms. The van der Waals surface area contributed by atoms with Gasteiger partial charge in [-0.05, 0) is 61.2 Å². The first-order valence-electron chi connectivity index (χ1n) is 8.76. The van der Waals surface area contributed by atoms with Crippen molar-refractivity contribution < 1.29 is 24.3 Å². The molecule has 0 aliphatic heterocycles. The number of rotatable bonds is 7. The summed E-state index contributed by atoms with van der Waals surface area (Å²) < 4.78 is 14.5. The number of halogens is 1. The van der Waals surface area contributed by atoms with Gasteiger partial charge in [0.15, 0.2) is 0 Å². The molecule has 0 radical (unpaired) electrons. The molecule has 3 atom stereocenters. The highest BCUT2D eigenvalue weighted by Gasteiger charge is 2.49. The highest BCUT2D eigenvalue weighted by atomic mass is 19.1. The zero-order chi connectivity index (χ0) is 18.9. The topological polar surface area (TPSA) is 104 Å². The van der Waals surface area contributed by atoms with Crippen LogP contribution in [0.25, 0.3) is 0 Å². The van der Waals surface area contributed by atoms with Crippen LogP contribution in [0.3, 0.4) is 0 Å². The average Bonchev–Trinajstić information content (AvgIpc) is 2.78. The molecular formula is C18H27BFNO4. The maximum absolute atomic E-state index is 14.5. The minimum absolute atomic E-state index is 0.0341. The van der Waals surface area contributed by atoms with Crippen molar-refractivity contribution in [1.29, 1.82) is 0 Å². The summed E-state index contributed by atoms with van der Waals surface area (Å²) in [4.78, 5) is 12.1. The second kappa shape index (κ2) is 7.44. The van der Waals surface area contributed by atoms with Crippen LogP contribution >= 0.6 is 0 Å². The largest absolute Gasteiger partial charge is 0.481 e. The van der Waals surface area contributed by atoms with Crippen molar-refractivity contribution in [1.82, 2.24) is 0 Å². The molecule has 2 rings (SSSR count). The molecule has 5 N–H and O–H groups in total. The molecule has 1 aliphatic rings. The molecule has 5 nitrogen and oxygen atoms in total. The Morgan fingerprint density at radius 2 is 2.08 bits per heavy atom. The highest BCUT2D eigenvalue weighted by Crippen LogP contribution is 2.47. The minimum Gasteiger partial charge on any atom is -0.481 e. The van der Waals surface area contributed by atoms with E-state index in [9.17, 15) is 14.3 Å². The van der Waals surface area contributed by atoms with Gasteiger partial charge in [0.25, 0.3) is 0 Å². The number of carboxylic acid groups (broad SMARTS) is 1. The van der Waals surface area contributed by atoms with E-state index < -0.39 is 24.5 Å². The Hall–Kier alpha value is -1.44. The van der Waals surface area contributed by atoms with Gasteiger partial charge in [-0.25, -0.2) is 4.39 Å². The Morgan fingerprint density at radius 3 is 2.60 bits per heavy atom. The van der Waals surface area contributed by atoms with Gasteiger partial charge in [-0.3, -0.25) is 4.79 Å². The van der Waals surface area contributed by atoms with E-state index in [1.54, 1.807) is 13.0 Å². The van der Waals surface area contributed by atoms with Gasteiger partial charge in [0.05, 0.1) is 5.41 Å². The van der Waals surface area contributed by atoms with Crippen molar-refractivity contribution in [3.05, 3.63) is 34.6 Å². The monoisotopic (exact) mass is 351 g/mol. The van der Waals surface area contributed by atoms with Crippen molar-refractivity contribution in [2.45, 2.75) is 57.8 Å². The lowest BCUT2D eigenvalue weighted by atomic mass is 9.72. The van der Waals surface area contributed by atoms with Crippen LogP contribution in [-0.2, 0) is 16.6 Å². The Labute approximate surface area is 148 Å². The lowest BCUT2D eigenvalue weighted by molar-refractivity contribution is -0.145. The highest BCUT2D eigenvalue weighted by molar-refractivity contribution is 6.40. The predicted molar refractivity (Wildman–Crippen MR) is 94.6 cm³/mol. The number of hydrogen-bond acceptors (Lipinski definition) is 4. The zero-order valence-corrected chi connectivity index (χ0v) is 15.0. The molecule has 1 aromatic carbocycles. The van der Waals surface area contributed by atoms with Crippen molar-refractivity contribution in [2.24, 2.45) is 17.6 Å². The van der Waals surface area contributed by atoms with Crippen LogP contribution in [0, 0.1) is 17.7 Å². The SMILES string of the molecule is CC(C)[C@@H](N)c1cc2c(cc1F)C[C@H](CCCB(O)O)[C@]2(C)C(=O)O. The van der Waals surface area contributed by atoms with Gasteiger partial charge >= 0.3 is 13.1 Å². The van der Waals surface area contributed by atoms with Gasteiger partial charge in [0.2, 0.25) is 0 Å². The lowest BCUT2D eigenvalue weighted by Gasteiger charge is -2.29. The van der Waals surface area contributed by atoms with E-state index in [2.05, 4.69) is 0 Å². The number of carboxylic acids is 1. The number of nitrogens with two attached hydrogens (primary N) is 1. The summed E-state index contributed by atoms with van der Waals surface area (Å²) in [7, 11) is -1.40. The summed E-state index contributed by atoms with van der Waals surface area (Å²) in [5.74, 6) is -1.52. The molecule has 0 bridgehead atoms. The predicted octanol–water partition coefficient (Wildman–Crippen LogP) is 2.25. The van der Waals surface area contributed by atoms with Gasteiger partial charge in [0.1, 0.15) is 5.82 Å². The maximum Gasteiger partial charge on any atom is 0.451 e. The van der Waals surface area contributed by atoms with Crippen LogP contribution in [0.1, 0.15) is 56.3 Å². The van der Waals surface area contributed by atoms with Crippen LogP contribution < -0.4 is 5.73 Å². The Bertz CT molecular complexity index is 652. The third kappa shape index (κ3) is 3.73. The molecule has 0 unspecified atom stereocenters. The second-order valence-corrected chi connectivity index (χ2v) is 7.62. The molecule has 0 saturated heterocycles. The van der Waals surface area contributed by atoms with Crippen molar-refractivity contribution >= 4 is 13.1 Å². The molecule has 0 fully saturated rings. The molecule has 0 heterocycles. The molecule has 0 saturated carbocycles. The molecular weight excluding hydrogens is 324 g/mol. The van der Waals surface area contributed by atoms with Crippen LogP contribution in [0.4, 0.5) is 4.39 Å².